The van der Waals surface area contributed by atoms with Crippen LogP contribution in [0.5, 0.6) is 0 Å². The molecule has 0 saturated heterocycles. The number of hydrogen-bond donors (Lipinski definition) is 2. The van der Waals surface area contributed by atoms with E-state index in [1.54, 1.807) is 6.07 Å². The number of benzene rings is 1. The van der Waals surface area contributed by atoms with Crippen LogP contribution in [0.1, 0.15) is 6.42 Å². The van der Waals surface area contributed by atoms with Crippen molar-refractivity contribution in [3.8, 4) is 0 Å². The Hall–Kier alpha value is -1.67. The zero-order valence-electron chi connectivity index (χ0n) is 9.16. The van der Waals surface area contributed by atoms with Crippen LogP contribution < -0.4 is 4.72 Å². The van der Waals surface area contributed by atoms with Gasteiger partial charge in [-0.05, 0) is 12.1 Å². The Bertz CT molecular complexity index is 645. The third kappa shape index (κ3) is 3.17. The summed E-state index contributed by atoms with van der Waals surface area (Å²) in [7, 11) is -3.66. The molecule has 0 amide bonds. The van der Waals surface area contributed by atoms with E-state index >= 15 is 0 Å². The summed E-state index contributed by atoms with van der Waals surface area (Å²) in [6, 6.07) is 7.26. The van der Waals surface area contributed by atoms with E-state index in [1.807, 2.05) is 18.2 Å². The van der Waals surface area contributed by atoms with Crippen LogP contribution in [-0.4, -0.2) is 30.2 Å². The molecule has 6 nitrogen and oxygen atoms in total. The van der Waals surface area contributed by atoms with Crippen LogP contribution in [0.3, 0.4) is 0 Å². The van der Waals surface area contributed by atoms with Crippen LogP contribution in [0.4, 0.5) is 5.13 Å². The molecule has 2 rings (SSSR count). The quantitative estimate of drug-likeness (QED) is 0.868. The van der Waals surface area contributed by atoms with Crippen LogP contribution in [0.15, 0.2) is 24.3 Å². The summed E-state index contributed by atoms with van der Waals surface area (Å²) in [4.78, 5) is 14.4. The SMILES string of the molecule is O=C(O)CCS(=O)(=O)Nc1nc2ccccc2s1. The van der Waals surface area contributed by atoms with Gasteiger partial charge < -0.3 is 5.11 Å². The fourth-order valence-corrected chi connectivity index (χ4v) is 3.44. The number of carboxylic acids is 1. The van der Waals surface area contributed by atoms with Crippen molar-refractivity contribution in [2.45, 2.75) is 6.42 Å². The summed E-state index contributed by atoms with van der Waals surface area (Å²) >= 11 is 1.21. The van der Waals surface area contributed by atoms with E-state index in [0.717, 1.165) is 4.70 Å². The molecule has 0 atom stereocenters. The molecule has 0 aliphatic rings. The van der Waals surface area contributed by atoms with E-state index < -0.39 is 28.2 Å². The molecule has 0 spiro atoms. The molecule has 0 radical (unpaired) electrons. The molecule has 2 aromatic rings. The maximum absolute atomic E-state index is 11.6. The molecule has 18 heavy (non-hydrogen) atoms. The molecular formula is C10H10N2O4S2. The van der Waals surface area contributed by atoms with Crippen molar-refractivity contribution in [3.63, 3.8) is 0 Å². The maximum Gasteiger partial charge on any atom is 0.304 e. The van der Waals surface area contributed by atoms with E-state index in [2.05, 4.69) is 9.71 Å². The Kier molecular flexibility index (Phi) is 3.48. The largest absolute Gasteiger partial charge is 0.481 e. The molecule has 0 unspecified atom stereocenters. The number of para-hydroxylation sites is 1. The monoisotopic (exact) mass is 286 g/mol. The maximum atomic E-state index is 11.6. The second-order valence-corrected chi connectivity index (χ2v) is 6.42. The minimum absolute atomic E-state index is 0.251. The number of nitrogens with zero attached hydrogens (tertiary/aromatic N) is 1. The predicted molar refractivity (Wildman–Crippen MR) is 69.3 cm³/mol. The molecule has 0 saturated carbocycles. The Labute approximate surface area is 107 Å². The number of aliphatic carboxylic acids is 1. The molecule has 0 fully saturated rings. The van der Waals surface area contributed by atoms with E-state index in [-0.39, 0.29) is 5.13 Å². The zero-order chi connectivity index (χ0) is 13.2. The van der Waals surface area contributed by atoms with E-state index in [1.165, 1.54) is 11.3 Å². The first-order valence-corrected chi connectivity index (χ1v) is 7.51. The topological polar surface area (TPSA) is 96.4 Å². The molecule has 0 aliphatic heterocycles. The second kappa shape index (κ2) is 4.91. The highest BCUT2D eigenvalue weighted by Gasteiger charge is 2.15. The van der Waals surface area contributed by atoms with Crippen LogP contribution in [-0.2, 0) is 14.8 Å². The van der Waals surface area contributed by atoms with Gasteiger partial charge in [0.25, 0.3) is 0 Å². The van der Waals surface area contributed by atoms with Crippen molar-refractivity contribution < 1.29 is 18.3 Å². The van der Waals surface area contributed by atoms with Gasteiger partial charge in [0.1, 0.15) is 0 Å². The van der Waals surface area contributed by atoms with Crippen molar-refractivity contribution >= 4 is 42.7 Å². The molecule has 1 aromatic heterocycles. The number of aromatic nitrogens is 1. The van der Waals surface area contributed by atoms with Crippen molar-refractivity contribution in [1.29, 1.82) is 0 Å². The van der Waals surface area contributed by atoms with Gasteiger partial charge in [-0.1, -0.05) is 23.5 Å². The van der Waals surface area contributed by atoms with Crippen molar-refractivity contribution in [1.82, 2.24) is 4.98 Å². The highest BCUT2D eigenvalue weighted by molar-refractivity contribution is 7.92. The summed E-state index contributed by atoms with van der Waals surface area (Å²) in [6.45, 7) is 0. The molecule has 96 valence electrons. The summed E-state index contributed by atoms with van der Waals surface area (Å²) < 4.78 is 26.3. The molecule has 1 aromatic carbocycles. The number of sulfonamides is 1. The minimum atomic E-state index is -3.66. The van der Waals surface area contributed by atoms with E-state index in [4.69, 9.17) is 5.11 Å². The molecule has 0 aliphatic carbocycles. The average Bonchev–Trinajstić information content (AvgIpc) is 2.67. The van der Waals surface area contributed by atoms with Gasteiger partial charge in [0.2, 0.25) is 10.0 Å². The molecular weight excluding hydrogens is 276 g/mol. The van der Waals surface area contributed by atoms with Gasteiger partial charge in [-0.3, -0.25) is 9.52 Å². The molecule has 0 bridgehead atoms. The molecule has 2 N–H and O–H groups in total. The highest BCUT2D eigenvalue weighted by Crippen LogP contribution is 2.26. The lowest BCUT2D eigenvalue weighted by Crippen LogP contribution is -2.18. The first kappa shape index (κ1) is 12.8. The predicted octanol–water partition coefficient (Wildman–Crippen LogP) is 1.51. The number of thiazole rings is 1. The number of carboxylic acid groups (broad SMARTS) is 1. The fourth-order valence-electron chi connectivity index (χ4n) is 1.32. The number of hydrogen-bond acceptors (Lipinski definition) is 5. The number of fused-ring (bicyclic) bond motifs is 1. The lowest BCUT2D eigenvalue weighted by molar-refractivity contribution is -0.136. The Balaban J connectivity index is 2.15. The summed E-state index contributed by atoms with van der Waals surface area (Å²) in [5.41, 5.74) is 0.707. The lowest BCUT2D eigenvalue weighted by atomic mass is 10.3. The van der Waals surface area contributed by atoms with Crippen LogP contribution >= 0.6 is 11.3 Å². The highest BCUT2D eigenvalue weighted by atomic mass is 32.2. The molecule has 1 heterocycles. The number of carbonyl (C=O) groups is 1. The smallest absolute Gasteiger partial charge is 0.304 e. The fraction of sp³-hybridized carbons (Fsp3) is 0.200. The Morgan fingerprint density at radius 2 is 2.11 bits per heavy atom. The van der Waals surface area contributed by atoms with Crippen molar-refractivity contribution in [3.05, 3.63) is 24.3 Å². The number of anilines is 1. The summed E-state index contributed by atoms with van der Waals surface area (Å²) in [5, 5.41) is 8.70. The van der Waals surface area contributed by atoms with Gasteiger partial charge in [0.05, 0.1) is 22.4 Å². The lowest BCUT2D eigenvalue weighted by Gasteiger charge is -2.02. The third-order valence-corrected chi connectivity index (χ3v) is 4.45. The van der Waals surface area contributed by atoms with Gasteiger partial charge in [0.15, 0.2) is 5.13 Å². The van der Waals surface area contributed by atoms with Gasteiger partial charge in [-0.25, -0.2) is 13.4 Å². The molecule has 8 heteroatoms. The van der Waals surface area contributed by atoms with Crippen LogP contribution in [0.25, 0.3) is 10.2 Å². The standard InChI is InChI=1S/C10H10N2O4S2/c13-9(14)5-6-18(15,16)12-10-11-7-3-1-2-4-8(7)17-10/h1-4H,5-6H2,(H,11,12)(H,13,14). The number of nitrogens with one attached hydrogen (secondary N) is 1. The number of rotatable bonds is 5. The van der Waals surface area contributed by atoms with E-state index in [0.29, 0.717) is 5.52 Å². The van der Waals surface area contributed by atoms with Crippen LogP contribution in [0.2, 0.25) is 0 Å². The Morgan fingerprint density at radius 1 is 1.39 bits per heavy atom. The first-order valence-electron chi connectivity index (χ1n) is 5.04. The second-order valence-electron chi connectivity index (χ2n) is 3.55. The van der Waals surface area contributed by atoms with Crippen molar-refractivity contribution in [2.75, 3.05) is 10.5 Å². The first-order chi connectivity index (χ1) is 8.46. The summed E-state index contributed by atoms with van der Waals surface area (Å²) in [6.07, 6.45) is -0.430. The van der Waals surface area contributed by atoms with Gasteiger partial charge in [0, 0.05) is 0 Å². The zero-order valence-corrected chi connectivity index (χ0v) is 10.8. The van der Waals surface area contributed by atoms with Gasteiger partial charge in [-0.15, -0.1) is 0 Å². The Morgan fingerprint density at radius 3 is 2.78 bits per heavy atom. The summed E-state index contributed by atoms with van der Waals surface area (Å²) in [5.74, 6) is -1.61. The minimum Gasteiger partial charge on any atom is -0.481 e. The van der Waals surface area contributed by atoms with E-state index in [9.17, 15) is 13.2 Å². The average molecular weight is 286 g/mol. The van der Waals surface area contributed by atoms with Gasteiger partial charge in [-0.2, -0.15) is 0 Å². The van der Waals surface area contributed by atoms with Crippen LogP contribution in [0, 0.1) is 0 Å². The van der Waals surface area contributed by atoms with Gasteiger partial charge >= 0.3 is 5.97 Å². The normalized spacial score (nSPS) is 11.6. The van der Waals surface area contributed by atoms with Crippen molar-refractivity contribution in [2.24, 2.45) is 0 Å². The third-order valence-electron chi connectivity index (χ3n) is 2.12.